The molecule has 3 heteroatoms. The lowest BCUT2D eigenvalue weighted by Crippen LogP contribution is -2.46. The first-order valence-corrected chi connectivity index (χ1v) is 7.66. The molecule has 2 fully saturated rings. The maximum Gasteiger partial charge on any atom is 0.0334 e. The van der Waals surface area contributed by atoms with Gasteiger partial charge in [-0.05, 0) is 51.3 Å². The van der Waals surface area contributed by atoms with Crippen LogP contribution in [0.3, 0.4) is 0 Å². The zero-order valence-electron chi connectivity index (χ0n) is 10.6. The summed E-state index contributed by atoms with van der Waals surface area (Å²) in [4.78, 5) is 5.75. The average Bonchev–Trinajstić information content (AvgIpc) is 3.11. The van der Waals surface area contributed by atoms with Gasteiger partial charge in [0.25, 0.3) is 0 Å². The monoisotopic (exact) mass is 250 g/mol. The van der Waals surface area contributed by atoms with Crippen molar-refractivity contribution in [3.05, 3.63) is 21.9 Å². The molecule has 2 nitrogen and oxygen atoms in total. The molecule has 1 atom stereocenters. The Hall–Kier alpha value is -0.380. The smallest absolute Gasteiger partial charge is 0.0334 e. The van der Waals surface area contributed by atoms with E-state index in [0.29, 0.717) is 0 Å². The van der Waals surface area contributed by atoms with Gasteiger partial charge in [-0.1, -0.05) is 0 Å². The van der Waals surface area contributed by atoms with E-state index in [1.807, 2.05) is 11.3 Å². The Bertz CT molecular complexity index is 364. The standard InChI is InChI=1S/C14H22N2S/c1-11-4-7-14(17-11)10-16(12-5-6-12)13-3-2-8-15-9-13/h4,7,12-13,15H,2-3,5-6,8-10H2,1H3/t13-/m1/s1. The van der Waals surface area contributed by atoms with Gasteiger partial charge in [0, 0.05) is 34.9 Å². The Balaban J connectivity index is 1.67. The van der Waals surface area contributed by atoms with Crippen LogP contribution < -0.4 is 5.32 Å². The first kappa shape index (κ1) is 11.7. The first-order chi connectivity index (χ1) is 8.33. The van der Waals surface area contributed by atoms with Crippen molar-refractivity contribution in [3.8, 4) is 0 Å². The van der Waals surface area contributed by atoms with Gasteiger partial charge in [0.1, 0.15) is 0 Å². The number of aryl methyl sites for hydroxylation is 1. The maximum absolute atomic E-state index is 3.55. The molecule has 0 bridgehead atoms. The van der Waals surface area contributed by atoms with Crippen LogP contribution in [0.1, 0.15) is 35.4 Å². The summed E-state index contributed by atoms with van der Waals surface area (Å²) >= 11 is 1.96. The second-order valence-electron chi connectivity index (χ2n) is 5.42. The van der Waals surface area contributed by atoms with E-state index in [1.165, 1.54) is 50.2 Å². The molecule has 1 aromatic rings. The molecular formula is C14H22N2S. The van der Waals surface area contributed by atoms with Crippen LogP contribution in [0.15, 0.2) is 12.1 Å². The minimum atomic E-state index is 0.777. The van der Waals surface area contributed by atoms with Crippen LogP contribution in [0.2, 0.25) is 0 Å². The minimum absolute atomic E-state index is 0.777. The first-order valence-electron chi connectivity index (χ1n) is 6.85. The summed E-state index contributed by atoms with van der Waals surface area (Å²) in [7, 11) is 0. The number of nitrogens with one attached hydrogen (secondary N) is 1. The Kier molecular flexibility index (Phi) is 3.50. The number of hydrogen-bond donors (Lipinski definition) is 1. The van der Waals surface area contributed by atoms with Crippen molar-refractivity contribution >= 4 is 11.3 Å². The van der Waals surface area contributed by atoms with Gasteiger partial charge < -0.3 is 5.32 Å². The lowest BCUT2D eigenvalue weighted by atomic mass is 10.1. The van der Waals surface area contributed by atoms with Crippen molar-refractivity contribution in [2.24, 2.45) is 0 Å². The number of rotatable bonds is 4. The lowest BCUT2D eigenvalue weighted by Gasteiger charge is -2.34. The van der Waals surface area contributed by atoms with Crippen LogP contribution in [-0.2, 0) is 6.54 Å². The lowest BCUT2D eigenvalue weighted by molar-refractivity contribution is 0.150. The van der Waals surface area contributed by atoms with Gasteiger partial charge in [-0.2, -0.15) is 0 Å². The Morgan fingerprint density at radius 2 is 2.18 bits per heavy atom. The van der Waals surface area contributed by atoms with Crippen LogP contribution in [0.25, 0.3) is 0 Å². The molecule has 17 heavy (non-hydrogen) atoms. The average molecular weight is 250 g/mol. The molecule has 1 aliphatic heterocycles. The zero-order valence-corrected chi connectivity index (χ0v) is 11.4. The molecular weight excluding hydrogens is 228 g/mol. The van der Waals surface area contributed by atoms with Crippen LogP contribution >= 0.6 is 11.3 Å². The van der Waals surface area contributed by atoms with Gasteiger partial charge in [-0.15, -0.1) is 11.3 Å². The van der Waals surface area contributed by atoms with Crippen molar-refractivity contribution in [2.45, 2.75) is 51.2 Å². The highest BCUT2D eigenvalue weighted by atomic mass is 32.1. The Morgan fingerprint density at radius 1 is 1.29 bits per heavy atom. The van der Waals surface area contributed by atoms with Crippen molar-refractivity contribution in [1.29, 1.82) is 0 Å². The van der Waals surface area contributed by atoms with E-state index >= 15 is 0 Å². The van der Waals surface area contributed by atoms with E-state index in [4.69, 9.17) is 0 Å². The summed E-state index contributed by atoms with van der Waals surface area (Å²) < 4.78 is 0. The number of thiophene rings is 1. The molecule has 1 aliphatic carbocycles. The summed E-state index contributed by atoms with van der Waals surface area (Å²) in [6, 6.07) is 6.22. The molecule has 1 N–H and O–H groups in total. The summed E-state index contributed by atoms with van der Waals surface area (Å²) in [5.41, 5.74) is 0. The maximum atomic E-state index is 3.55. The van der Waals surface area contributed by atoms with Gasteiger partial charge in [0.2, 0.25) is 0 Å². The Morgan fingerprint density at radius 3 is 2.76 bits per heavy atom. The Labute approximate surface area is 108 Å². The van der Waals surface area contributed by atoms with Crippen molar-refractivity contribution in [2.75, 3.05) is 13.1 Å². The van der Waals surface area contributed by atoms with Crippen molar-refractivity contribution < 1.29 is 0 Å². The van der Waals surface area contributed by atoms with E-state index in [9.17, 15) is 0 Å². The summed E-state index contributed by atoms with van der Waals surface area (Å²) in [6.07, 6.45) is 5.56. The normalized spacial score (nSPS) is 25.4. The molecule has 0 unspecified atom stereocenters. The minimum Gasteiger partial charge on any atom is -0.315 e. The van der Waals surface area contributed by atoms with Crippen molar-refractivity contribution in [1.82, 2.24) is 10.2 Å². The fourth-order valence-electron chi connectivity index (χ4n) is 2.83. The van der Waals surface area contributed by atoms with Gasteiger partial charge >= 0.3 is 0 Å². The van der Waals surface area contributed by atoms with Crippen LogP contribution in [0.5, 0.6) is 0 Å². The SMILES string of the molecule is Cc1ccc(CN(C2CC2)[C@@H]2CCCNC2)s1. The largest absolute Gasteiger partial charge is 0.315 e. The highest BCUT2D eigenvalue weighted by Crippen LogP contribution is 2.32. The summed E-state index contributed by atoms with van der Waals surface area (Å²) in [5, 5.41) is 3.55. The van der Waals surface area contributed by atoms with Gasteiger partial charge in [0.15, 0.2) is 0 Å². The van der Waals surface area contributed by atoms with E-state index in [-0.39, 0.29) is 0 Å². The molecule has 0 radical (unpaired) electrons. The fraction of sp³-hybridized carbons (Fsp3) is 0.714. The predicted molar refractivity (Wildman–Crippen MR) is 73.5 cm³/mol. The molecule has 94 valence electrons. The molecule has 0 aromatic carbocycles. The third kappa shape index (κ3) is 2.90. The second-order valence-corrected chi connectivity index (χ2v) is 6.79. The molecule has 3 rings (SSSR count). The van der Waals surface area contributed by atoms with Gasteiger partial charge in [-0.3, -0.25) is 4.90 Å². The third-order valence-corrected chi connectivity index (χ3v) is 4.88. The summed E-state index contributed by atoms with van der Waals surface area (Å²) in [5.74, 6) is 0. The highest BCUT2D eigenvalue weighted by Gasteiger charge is 2.34. The van der Waals surface area contributed by atoms with E-state index in [1.54, 1.807) is 4.88 Å². The van der Waals surface area contributed by atoms with Gasteiger partial charge in [-0.25, -0.2) is 0 Å². The number of nitrogens with zero attached hydrogens (tertiary/aromatic N) is 1. The molecule has 2 aliphatic rings. The fourth-order valence-corrected chi connectivity index (χ4v) is 3.73. The molecule has 0 amide bonds. The quantitative estimate of drug-likeness (QED) is 0.884. The third-order valence-electron chi connectivity index (χ3n) is 3.89. The van der Waals surface area contributed by atoms with Gasteiger partial charge in [0.05, 0.1) is 0 Å². The molecule has 0 spiro atoms. The molecule has 2 heterocycles. The van der Waals surface area contributed by atoms with Crippen LogP contribution in [0, 0.1) is 6.92 Å². The number of hydrogen-bond acceptors (Lipinski definition) is 3. The summed E-state index contributed by atoms with van der Waals surface area (Å²) in [6.45, 7) is 5.79. The topological polar surface area (TPSA) is 15.3 Å². The number of piperidine rings is 1. The molecule has 1 aromatic heterocycles. The van der Waals surface area contributed by atoms with Crippen LogP contribution in [0.4, 0.5) is 0 Å². The van der Waals surface area contributed by atoms with Crippen molar-refractivity contribution in [3.63, 3.8) is 0 Å². The highest BCUT2D eigenvalue weighted by molar-refractivity contribution is 7.11. The predicted octanol–water partition coefficient (Wildman–Crippen LogP) is 2.77. The zero-order chi connectivity index (χ0) is 11.7. The van der Waals surface area contributed by atoms with E-state index in [2.05, 4.69) is 29.3 Å². The molecule has 1 saturated heterocycles. The van der Waals surface area contributed by atoms with E-state index < -0.39 is 0 Å². The molecule has 1 saturated carbocycles. The second kappa shape index (κ2) is 5.09. The van der Waals surface area contributed by atoms with Crippen LogP contribution in [-0.4, -0.2) is 30.1 Å². The van der Waals surface area contributed by atoms with E-state index in [0.717, 1.165) is 12.1 Å².